The summed E-state index contributed by atoms with van der Waals surface area (Å²) < 4.78 is 12.3. The molecular formula is C28H32N4O4. The van der Waals surface area contributed by atoms with Gasteiger partial charge < -0.3 is 24.6 Å². The number of hydrogen-bond acceptors (Lipinski definition) is 6. The molecule has 0 spiro atoms. The molecule has 0 fully saturated rings. The highest BCUT2D eigenvalue weighted by Gasteiger charge is 2.17. The van der Waals surface area contributed by atoms with Gasteiger partial charge in [-0.15, -0.1) is 0 Å². The number of likely N-dealkylation sites (N-methyl/N-ethyl adjacent to an activating group) is 1. The molecule has 188 valence electrons. The molecular weight excluding hydrogens is 456 g/mol. The Hall–Kier alpha value is -4.04. The Morgan fingerprint density at radius 2 is 1.92 bits per heavy atom. The fourth-order valence-corrected chi connectivity index (χ4v) is 4.10. The summed E-state index contributed by atoms with van der Waals surface area (Å²) in [6, 6.07) is 15.3. The zero-order valence-corrected chi connectivity index (χ0v) is 20.9. The summed E-state index contributed by atoms with van der Waals surface area (Å²) in [4.78, 5) is 29.7. The molecule has 0 saturated heterocycles. The van der Waals surface area contributed by atoms with Crippen LogP contribution in [0.3, 0.4) is 0 Å². The Balaban J connectivity index is 1.39. The molecule has 0 aliphatic carbocycles. The summed E-state index contributed by atoms with van der Waals surface area (Å²) in [6.07, 6.45) is 8.78. The molecule has 1 N–H and O–H groups in total. The number of nitrogens with one attached hydrogen (secondary N) is 1. The molecule has 0 unspecified atom stereocenters. The van der Waals surface area contributed by atoms with E-state index < -0.39 is 5.97 Å². The minimum absolute atomic E-state index is 0.228. The quantitative estimate of drug-likeness (QED) is 0.361. The molecule has 1 amide bonds. The number of methoxy groups -OCH3 is 1. The molecule has 2 aromatic carbocycles. The second-order valence-corrected chi connectivity index (χ2v) is 8.92. The van der Waals surface area contributed by atoms with Crippen LogP contribution in [-0.4, -0.2) is 60.8 Å². The van der Waals surface area contributed by atoms with Crippen LogP contribution in [-0.2, 0) is 22.5 Å². The number of nitrogens with zero attached hydrogens (tertiary/aromatic N) is 3. The van der Waals surface area contributed by atoms with Crippen molar-refractivity contribution in [3.05, 3.63) is 89.9 Å². The highest BCUT2D eigenvalue weighted by molar-refractivity contribution is 5.94. The zero-order chi connectivity index (χ0) is 25.5. The van der Waals surface area contributed by atoms with Crippen molar-refractivity contribution in [1.82, 2.24) is 19.7 Å². The summed E-state index contributed by atoms with van der Waals surface area (Å²) in [7, 11) is 5.63. The van der Waals surface area contributed by atoms with Crippen molar-refractivity contribution in [2.75, 3.05) is 34.5 Å². The maximum atomic E-state index is 13.0. The Morgan fingerprint density at radius 1 is 1.11 bits per heavy atom. The zero-order valence-electron chi connectivity index (χ0n) is 20.9. The van der Waals surface area contributed by atoms with Crippen LogP contribution in [0.15, 0.2) is 78.8 Å². The normalized spacial score (nSPS) is 13.1. The van der Waals surface area contributed by atoms with Gasteiger partial charge in [0.1, 0.15) is 5.75 Å². The fourth-order valence-electron chi connectivity index (χ4n) is 4.10. The van der Waals surface area contributed by atoms with Crippen molar-refractivity contribution in [1.29, 1.82) is 0 Å². The van der Waals surface area contributed by atoms with Crippen LogP contribution in [0.5, 0.6) is 5.75 Å². The molecule has 0 atom stereocenters. The van der Waals surface area contributed by atoms with Crippen molar-refractivity contribution in [3.63, 3.8) is 0 Å². The smallest absolute Gasteiger partial charge is 0.337 e. The van der Waals surface area contributed by atoms with Crippen LogP contribution in [0.4, 0.5) is 4.79 Å². The van der Waals surface area contributed by atoms with E-state index in [1.54, 1.807) is 17.9 Å². The highest BCUT2D eigenvalue weighted by atomic mass is 16.5. The predicted octanol–water partition coefficient (Wildman–Crippen LogP) is 4.12. The number of carbonyl (C=O) groups is 2. The minimum Gasteiger partial charge on any atom is -0.497 e. The number of fused-ring (bicyclic) bond motifs is 1. The average Bonchev–Trinajstić information content (AvgIpc) is 3.26. The maximum absolute atomic E-state index is 13.0. The van der Waals surface area contributed by atoms with Crippen molar-refractivity contribution in [2.45, 2.75) is 19.4 Å². The Morgan fingerprint density at radius 3 is 2.67 bits per heavy atom. The van der Waals surface area contributed by atoms with Gasteiger partial charge in [-0.25, -0.2) is 9.59 Å². The number of esters is 1. The molecule has 1 aliphatic rings. The topological polar surface area (TPSA) is 76.0 Å². The number of carbonyl (C=O) groups excluding carboxylic acids is 2. The molecule has 0 radical (unpaired) electrons. The third kappa shape index (κ3) is 6.14. The molecule has 0 saturated carbocycles. The second kappa shape index (κ2) is 11.6. The van der Waals surface area contributed by atoms with E-state index in [1.165, 1.54) is 0 Å². The number of ether oxygens (including phenoxy) is 2. The first kappa shape index (κ1) is 25.1. The Labute approximate surface area is 211 Å². The van der Waals surface area contributed by atoms with Crippen LogP contribution in [0.1, 0.15) is 17.5 Å². The van der Waals surface area contributed by atoms with E-state index in [-0.39, 0.29) is 12.8 Å². The van der Waals surface area contributed by atoms with Gasteiger partial charge in [-0.1, -0.05) is 36.4 Å². The predicted molar refractivity (Wildman–Crippen MR) is 139 cm³/mol. The molecule has 1 aliphatic heterocycles. The van der Waals surface area contributed by atoms with Gasteiger partial charge in [-0.2, -0.15) is 0 Å². The first-order chi connectivity index (χ1) is 17.4. The minimum atomic E-state index is -0.455. The number of allylic oxidation sites excluding steroid dienone is 1. The third-order valence-corrected chi connectivity index (χ3v) is 6.00. The van der Waals surface area contributed by atoms with Gasteiger partial charge >= 0.3 is 12.0 Å². The molecule has 8 nitrogen and oxygen atoms in total. The van der Waals surface area contributed by atoms with E-state index in [0.717, 1.165) is 35.0 Å². The van der Waals surface area contributed by atoms with Crippen LogP contribution in [0.2, 0.25) is 0 Å². The summed E-state index contributed by atoms with van der Waals surface area (Å²) in [5, 5.41) is 3.69. The van der Waals surface area contributed by atoms with Gasteiger partial charge in [-0.3, -0.25) is 4.57 Å². The van der Waals surface area contributed by atoms with E-state index >= 15 is 0 Å². The first-order valence-corrected chi connectivity index (χ1v) is 11.9. The number of benzene rings is 2. The monoisotopic (exact) mass is 488 g/mol. The summed E-state index contributed by atoms with van der Waals surface area (Å²) in [5.74, 6) is 0.209. The second-order valence-electron chi connectivity index (χ2n) is 8.92. The van der Waals surface area contributed by atoms with Gasteiger partial charge in [0.05, 0.1) is 18.2 Å². The standard InChI is InChI=1S/C28H32N4O4/c1-30(2)15-13-22-19-32(26-16-24(35-3)11-12-25(22)26)28(34)29-20-36-27(33)23-10-7-14-31(18-23)17-21-8-5-4-6-9-21/h4-9,11-12,14,16,18-19H,10,13,15,17,20H2,1-3H3,(H,29,34). The van der Waals surface area contributed by atoms with Crippen LogP contribution >= 0.6 is 0 Å². The molecule has 1 aromatic heterocycles. The van der Waals surface area contributed by atoms with E-state index in [2.05, 4.69) is 10.2 Å². The lowest BCUT2D eigenvalue weighted by atomic mass is 10.1. The molecule has 2 heterocycles. The average molecular weight is 489 g/mol. The van der Waals surface area contributed by atoms with Gasteiger partial charge in [0.2, 0.25) is 0 Å². The van der Waals surface area contributed by atoms with Gasteiger partial charge in [0.25, 0.3) is 0 Å². The highest BCUT2D eigenvalue weighted by Crippen LogP contribution is 2.26. The van der Waals surface area contributed by atoms with Gasteiger partial charge in [-0.05, 0) is 43.8 Å². The van der Waals surface area contributed by atoms with Crippen LogP contribution < -0.4 is 10.1 Å². The summed E-state index contributed by atoms with van der Waals surface area (Å²) in [6.45, 7) is 1.29. The SMILES string of the molecule is COc1ccc2c(CCN(C)C)cn(C(=O)NCOC(=O)C3=CN(Cc4ccccc4)C=CC3)c2c1. The Bertz CT molecular complexity index is 1280. The van der Waals surface area contributed by atoms with Gasteiger partial charge in [0.15, 0.2) is 6.73 Å². The lowest BCUT2D eigenvalue weighted by Gasteiger charge is -2.21. The van der Waals surface area contributed by atoms with Crippen LogP contribution in [0, 0.1) is 0 Å². The molecule has 0 bridgehead atoms. The number of aromatic nitrogens is 1. The first-order valence-electron chi connectivity index (χ1n) is 11.9. The molecule has 4 rings (SSSR count). The maximum Gasteiger partial charge on any atom is 0.337 e. The van der Waals surface area contributed by atoms with E-state index in [4.69, 9.17) is 9.47 Å². The number of amides is 1. The molecule has 36 heavy (non-hydrogen) atoms. The van der Waals surface area contributed by atoms with E-state index in [0.29, 0.717) is 24.3 Å². The van der Waals surface area contributed by atoms with Gasteiger partial charge in [0, 0.05) is 49.6 Å². The fraction of sp³-hybridized carbons (Fsp3) is 0.286. The lowest BCUT2D eigenvalue weighted by molar-refractivity contribution is -0.139. The van der Waals surface area contributed by atoms with E-state index in [9.17, 15) is 9.59 Å². The lowest BCUT2D eigenvalue weighted by Crippen LogP contribution is -2.31. The molecule has 3 aromatic rings. The third-order valence-electron chi connectivity index (χ3n) is 6.00. The molecule has 8 heteroatoms. The summed E-state index contributed by atoms with van der Waals surface area (Å²) >= 11 is 0. The van der Waals surface area contributed by atoms with E-state index in [1.807, 2.05) is 86.0 Å². The van der Waals surface area contributed by atoms with Crippen LogP contribution in [0.25, 0.3) is 10.9 Å². The van der Waals surface area contributed by atoms with Crippen molar-refractivity contribution >= 4 is 22.9 Å². The largest absolute Gasteiger partial charge is 0.497 e. The number of hydrogen-bond donors (Lipinski definition) is 1. The van der Waals surface area contributed by atoms with Crippen molar-refractivity contribution in [2.24, 2.45) is 0 Å². The van der Waals surface area contributed by atoms with Crippen molar-refractivity contribution < 1.29 is 19.1 Å². The van der Waals surface area contributed by atoms with Crippen molar-refractivity contribution in [3.8, 4) is 5.75 Å². The Kier molecular flexibility index (Phi) is 8.07. The number of rotatable bonds is 9. The summed E-state index contributed by atoms with van der Waals surface area (Å²) in [5.41, 5.74) is 3.47.